The number of carboxylic acid groups (broad SMARTS) is 1. The smallest absolute Gasteiger partial charge is 0.335 e. The quantitative estimate of drug-likeness (QED) is 0.548. The Balaban J connectivity index is 0.000000310. The number of aliphatic hydroxyl groups is 1. The van der Waals surface area contributed by atoms with Gasteiger partial charge in [-0.25, -0.2) is 4.79 Å². The van der Waals surface area contributed by atoms with Crippen LogP contribution in [0.3, 0.4) is 0 Å². The first kappa shape index (κ1) is 22.2. The third-order valence-electron chi connectivity index (χ3n) is 4.32. The summed E-state index contributed by atoms with van der Waals surface area (Å²) < 4.78 is 0. The topological polar surface area (TPSA) is 131 Å². The molecule has 0 amide bonds. The number of nitrogens with one attached hydrogen (secondary N) is 1. The molecular formula is C21H29N3O3. The zero-order valence-corrected chi connectivity index (χ0v) is 15.5. The van der Waals surface area contributed by atoms with Crippen molar-refractivity contribution in [2.45, 2.75) is 25.8 Å². The van der Waals surface area contributed by atoms with Crippen LogP contribution in [-0.2, 0) is 6.54 Å². The molecule has 3 rings (SSSR count). The molecule has 0 saturated carbocycles. The Morgan fingerprint density at radius 2 is 1.67 bits per heavy atom. The van der Waals surface area contributed by atoms with E-state index in [2.05, 4.69) is 17.4 Å². The number of rotatable bonds is 5. The van der Waals surface area contributed by atoms with Crippen LogP contribution in [0.2, 0.25) is 0 Å². The Hall–Kier alpha value is -2.83. The molecule has 0 unspecified atom stereocenters. The van der Waals surface area contributed by atoms with Crippen molar-refractivity contribution in [1.82, 2.24) is 11.5 Å². The molecule has 0 saturated heterocycles. The molecule has 1 aliphatic rings. The van der Waals surface area contributed by atoms with E-state index < -0.39 is 5.97 Å². The molecular weight excluding hydrogens is 342 g/mol. The van der Waals surface area contributed by atoms with Crippen LogP contribution in [0.25, 0.3) is 0 Å². The molecule has 0 fully saturated rings. The van der Waals surface area contributed by atoms with E-state index in [1.165, 1.54) is 5.56 Å². The van der Waals surface area contributed by atoms with Gasteiger partial charge in [0.1, 0.15) is 0 Å². The van der Waals surface area contributed by atoms with Crippen LogP contribution in [-0.4, -0.2) is 22.8 Å². The summed E-state index contributed by atoms with van der Waals surface area (Å²) in [7, 11) is 0. The Labute approximate surface area is 160 Å². The van der Waals surface area contributed by atoms with Gasteiger partial charge in [0, 0.05) is 23.9 Å². The van der Waals surface area contributed by atoms with E-state index in [4.69, 9.17) is 10.8 Å². The third kappa shape index (κ3) is 7.13. The first-order valence-corrected chi connectivity index (χ1v) is 8.77. The van der Waals surface area contributed by atoms with Gasteiger partial charge in [0.05, 0.1) is 12.2 Å². The lowest BCUT2D eigenvalue weighted by Crippen LogP contribution is -2.29. The van der Waals surface area contributed by atoms with Gasteiger partial charge in [0.15, 0.2) is 0 Å². The molecule has 0 radical (unpaired) electrons. The van der Waals surface area contributed by atoms with E-state index in [-0.39, 0.29) is 18.7 Å². The second-order valence-corrected chi connectivity index (χ2v) is 6.22. The number of hydrogen-bond acceptors (Lipinski definition) is 5. The number of aliphatic hydroxyl groups excluding tert-OH is 1. The predicted octanol–water partition coefficient (Wildman–Crippen LogP) is 3.29. The van der Waals surface area contributed by atoms with Crippen molar-refractivity contribution in [3.05, 3.63) is 83.2 Å². The number of carboxylic acids is 1. The molecule has 0 heterocycles. The summed E-state index contributed by atoms with van der Waals surface area (Å²) >= 11 is 0. The molecule has 1 atom stereocenters. The number of hydrogen-bond donors (Lipinski definition) is 5. The second-order valence-electron chi connectivity index (χ2n) is 6.22. The van der Waals surface area contributed by atoms with Crippen molar-refractivity contribution in [1.29, 1.82) is 0 Å². The fraction of sp³-hybridized carbons (Fsp3) is 0.286. The zero-order valence-electron chi connectivity index (χ0n) is 15.5. The van der Waals surface area contributed by atoms with E-state index in [1.807, 2.05) is 18.2 Å². The maximum atomic E-state index is 10.2. The summed E-state index contributed by atoms with van der Waals surface area (Å²) in [6, 6.07) is 18.5. The predicted molar refractivity (Wildman–Crippen MR) is 107 cm³/mol. The monoisotopic (exact) mass is 371 g/mol. The average molecular weight is 371 g/mol. The van der Waals surface area contributed by atoms with Crippen molar-refractivity contribution in [3.8, 4) is 0 Å². The van der Waals surface area contributed by atoms with Crippen LogP contribution in [0.15, 0.2) is 72.1 Å². The summed E-state index contributed by atoms with van der Waals surface area (Å²) in [6.07, 6.45) is 3.04. The summed E-state index contributed by atoms with van der Waals surface area (Å²) in [6.45, 7) is 0.950. The van der Waals surface area contributed by atoms with Crippen LogP contribution >= 0.6 is 0 Å². The number of benzene rings is 2. The van der Waals surface area contributed by atoms with Gasteiger partial charge in [-0.05, 0) is 37.0 Å². The highest BCUT2D eigenvalue weighted by Gasteiger charge is 2.20. The molecule has 1 aliphatic carbocycles. The van der Waals surface area contributed by atoms with Gasteiger partial charge in [0.25, 0.3) is 0 Å². The van der Waals surface area contributed by atoms with Gasteiger partial charge in [-0.2, -0.15) is 0 Å². The zero-order chi connectivity index (χ0) is 18.8. The molecule has 146 valence electrons. The first-order valence-electron chi connectivity index (χ1n) is 8.77. The highest BCUT2D eigenvalue weighted by Crippen LogP contribution is 2.25. The Bertz CT molecular complexity index is 718. The minimum Gasteiger partial charge on any atom is -0.478 e. The SMILES string of the molecule is N.NC1=C(NCc2ccccc2)[C@H](CO)CCC1.O=C(O)c1ccccc1. The molecule has 8 N–H and O–H groups in total. The number of nitrogens with two attached hydrogens (primary N) is 1. The Kier molecular flexibility index (Phi) is 9.64. The van der Waals surface area contributed by atoms with E-state index in [0.29, 0.717) is 5.56 Å². The van der Waals surface area contributed by atoms with E-state index >= 15 is 0 Å². The van der Waals surface area contributed by atoms with Gasteiger partial charge in [-0.1, -0.05) is 48.5 Å². The van der Waals surface area contributed by atoms with Crippen LogP contribution in [0.4, 0.5) is 0 Å². The lowest BCUT2D eigenvalue weighted by molar-refractivity contribution is 0.0697. The molecule has 2 aromatic rings. The summed E-state index contributed by atoms with van der Waals surface area (Å²) in [5.74, 6) is -0.692. The number of carbonyl (C=O) groups is 1. The van der Waals surface area contributed by atoms with Crippen LogP contribution in [0, 0.1) is 5.92 Å². The number of aromatic carboxylic acids is 1. The van der Waals surface area contributed by atoms with Crippen molar-refractivity contribution < 1.29 is 15.0 Å². The summed E-state index contributed by atoms with van der Waals surface area (Å²) in [4.78, 5) is 10.2. The first-order chi connectivity index (χ1) is 12.6. The fourth-order valence-corrected chi connectivity index (χ4v) is 2.89. The van der Waals surface area contributed by atoms with Crippen LogP contribution < -0.4 is 17.2 Å². The van der Waals surface area contributed by atoms with E-state index in [1.54, 1.807) is 30.3 Å². The van der Waals surface area contributed by atoms with Gasteiger partial charge in [-0.3, -0.25) is 0 Å². The van der Waals surface area contributed by atoms with Gasteiger partial charge >= 0.3 is 5.97 Å². The maximum absolute atomic E-state index is 10.2. The highest BCUT2D eigenvalue weighted by molar-refractivity contribution is 5.87. The minimum atomic E-state index is -0.879. The van der Waals surface area contributed by atoms with Crippen molar-refractivity contribution in [2.75, 3.05) is 6.61 Å². The molecule has 0 spiro atoms. The summed E-state index contributed by atoms with van der Waals surface area (Å²) in [5.41, 5.74) is 9.53. The lowest BCUT2D eigenvalue weighted by Gasteiger charge is -2.26. The lowest BCUT2D eigenvalue weighted by atomic mass is 9.90. The summed E-state index contributed by atoms with van der Waals surface area (Å²) in [5, 5.41) is 21.1. The minimum absolute atomic E-state index is 0. The van der Waals surface area contributed by atoms with Crippen molar-refractivity contribution >= 4 is 5.97 Å². The third-order valence-corrected chi connectivity index (χ3v) is 4.32. The molecule has 6 heteroatoms. The average Bonchev–Trinajstić information content (AvgIpc) is 2.69. The standard InChI is InChI=1S/C14H20N2O.C7H6O2.H3N/c15-13-8-4-7-12(10-17)14(13)16-9-11-5-2-1-3-6-11;8-7(9)6-4-2-1-3-5-6;/h1-3,5-6,12,16-17H,4,7-10,15H2;1-5H,(H,8,9);1H3/t12-;;/m0../s1. The van der Waals surface area contributed by atoms with Crippen molar-refractivity contribution in [2.24, 2.45) is 11.7 Å². The van der Waals surface area contributed by atoms with Gasteiger partial charge in [0.2, 0.25) is 0 Å². The molecule has 0 aliphatic heterocycles. The molecule has 0 bridgehead atoms. The van der Waals surface area contributed by atoms with E-state index in [9.17, 15) is 9.90 Å². The number of allylic oxidation sites excluding steroid dienone is 1. The van der Waals surface area contributed by atoms with Gasteiger partial charge < -0.3 is 27.4 Å². The van der Waals surface area contributed by atoms with Crippen molar-refractivity contribution in [3.63, 3.8) is 0 Å². The van der Waals surface area contributed by atoms with Crippen LogP contribution in [0.5, 0.6) is 0 Å². The molecule has 0 aromatic heterocycles. The normalized spacial score (nSPS) is 15.8. The Morgan fingerprint density at radius 1 is 1.07 bits per heavy atom. The van der Waals surface area contributed by atoms with Crippen LogP contribution in [0.1, 0.15) is 35.2 Å². The Morgan fingerprint density at radius 3 is 2.19 bits per heavy atom. The molecule has 6 nitrogen and oxygen atoms in total. The second kappa shape index (κ2) is 11.7. The largest absolute Gasteiger partial charge is 0.478 e. The van der Waals surface area contributed by atoms with E-state index in [0.717, 1.165) is 37.2 Å². The molecule has 27 heavy (non-hydrogen) atoms. The fourth-order valence-electron chi connectivity index (χ4n) is 2.89. The molecule has 2 aromatic carbocycles. The maximum Gasteiger partial charge on any atom is 0.335 e. The van der Waals surface area contributed by atoms with Gasteiger partial charge in [-0.15, -0.1) is 0 Å². The highest BCUT2D eigenvalue weighted by atomic mass is 16.4.